The SMILES string of the molecule is Cn1nc(C2CCC(=O)NC2=O)c2ccc(OCC(=O)Nc3ccc(S(C)(=O)=O)cc3)cc21. The summed E-state index contributed by atoms with van der Waals surface area (Å²) in [4.78, 5) is 36.1. The van der Waals surface area contributed by atoms with E-state index in [1.807, 2.05) is 0 Å². The molecule has 0 aliphatic carbocycles. The molecule has 0 saturated carbocycles. The van der Waals surface area contributed by atoms with Crippen LogP contribution in [0.1, 0.15) is 24.5 Å². The van der Waals surface area contributed by atoms with Crippen LogP contribution in [0.4, 0.5) is 5.69 Å². The number of fused-ring (bicyclic) bond motifs is 1. The summed E-state index contributed by atoms with van der Waals surface area (Å²) in [5, 5.41) is 10.2. The molecule has 1 aromatic heterocycles. The van der Waals surface area contributed by atoms with Crippen LogP contribution >= 0.6 is 0 Å². The summed E-state index contributed by atoms with van der Waals surface area (Å²) in [5.41, 5.74) is 1.77. The summed E-state index contributed by atoms with van der Waals surface area (Å²) in [6.45, 7) is -0.253. The molecule has 1 unspecified atom stereocenters. The number of aromatic nitrogens is 2. The number of amides is 3. The predicted octanol–water partition coefficient (Wildman–Crippen LogP) is 1.51. The zero-order valence-corrected chi connectivity index (χ0v) is 18.8. The van der Waals surface area contributed by atoms with Gasteiger partial charge in [-0.25, -0.2) is 8.42 Å². The van der Waals surface area contributed by atoms with Crippen LogP contribution in [0.3, 0.4) is 0 Å². The average molecular weight is 471 g/mol. The number of aryl methyl sites for hydroxylation is 1. The van der Waals surface area contributed by atoms with E-state index in [2.05, 4.69) is 15.7 Å². The van der Waals surface area contributed by atoms with Crippen LogP contribution in [-0.2, 0) is 31.3 Å². The Morgan fingerprint density at radius 1 is 1.21 bits per heavy atom. The lowest BCUT2D eigenvalue weighted by Crippen LogP contribution is -2.39. The molecule has 11 heteroatoms. The molecule has 3 amide bonds. The van der Waals surface area contributed by atoms with Gasteiger partial charge in [0.1, 0.15) is 5.75 Å². The highest BCUT2D eigenvalue weighted by molar-refractivity contribution is 7.90. The van der Waals surface area contributed by atoms with Crippen molar-refractivity contribution in [3.8, 4) is 5.75 Å². The molecule has 4 rings (SSSR count). The maximum Gasteiger partial charge on any atom is 0.262 e. The second kappa shape index (κ2) is 8.66. The lowest BCUT2D eigenvalue weighted by molar-refractivity contribution is -0.134. The Morgan fingerprint density at radius 3 is 2.61 bits per heavy atom. The zero-order valence-electron chi connectivity index (χ0n) is 18.0. The molecular formula is C22H22N4O6S. The number of ether oxygens (including phenoxy) is 1. The first-order chi connectivity index (χ1) is 15.6. The fourth-order valence-electron chi connectivity index (χ4n) is 3.70. The van der Waals surface area contributed by atoms with Gasteiger partial charge in [-0.2, -0.15) is 5.10 Å². The third kappa shape index (κ3) is 4.87. The van der Waals surface area contributed by atoms with E-state index in [0.29, 0.717) is 23.6 Å². The van der Waals surface area contributed by atoms with Crippen molar-refractivity contribution >= 4 is 44.1 Å². The van der Waals surface area contributed by atoms with E-state index in [4.69, 9.17) is 4.74 Å². The monoisotopic (exact) mass is 470 g/mol. The van der Waals surface area contributed by atoms with Gasteiger partial charge in [0, 0.05) is 36.9 Å². The van der Waals surface area contributed by atoms with E-state index >= 15 is 0 Å². The lowest BCUT2D eigenvalue weighted by Gasteiger charge is -2.19. The summed E-state index contributed by atoms with van der Waals surface area (Å²) in [5.74, 6) is -1.10. The minimum absolute atomic E-state index is 0.165. The molecule has 2 aromatic carbocycles. The van der Waals surface area contributed by atoms with Gasteiger partial charge in [0.05, 0.1) is 22.0 Å². The fourth-order valence-corrected chi connectivity index (χ4v) is 4.33. The van der Waals surface area contributed by atoms with Crippen LogP contribution in [0.5, 0.6) is 5.75 Å². The maximum absolute atomic E-state index is 12.2. The van der Waals surface area contributed by atoms with Crippen molar-refractivity contribution in [2.24, 2.45) is 7.05 Å². The molecule has 0 bridgehead atoms. The topological polar surface area (TPSA) is 136 Å². The van der Waals surface area contributed by atoms with Gasteiger partial charge in [-0.1, -0.05) is 0 Å². The van der Waals surface area contributed by atoms with Gasteiger partial charge in [-0.3, -0.25) is 24.4 Å². The van der Waals surface area contributed by atoms with Crippen molar-refractivity contribution in [3.05, 3.63) is 48.2 Å². The van der Waals surface area contributed by atoms with Crippen LogP contribution < -0.4 is 15.4 Å². The molecule has 172 valence electrons. The Balaban J connectivity index is 1.43. The average Bonchev–Trinajstić information content (AvgIpc) is 3.08. The number of nitrogens with zero attached hydrogens (tertiary/aromatic N) is 2. The molecule has 1 aliphatic rings. The number of sulfone groups is 1. The number of carbonyl (C=O) groups excluding carboxylic acids is 3. The van der Waals surface area contributed by atoms with E-state index < -0.39 is 21.7 Å². The number of nitrogens with one attached hydrogen (secondary N) is 2. The summed E-state index contributed by atoms with van der Waals surface area (Å²) in [7, 11) is -1.56. The van der Waals surface area contributed by atoms with E-state index in [9.17, 15) is 22.8 Å². The van der Waals surface area contributed by atoms with Gasteiger partial charge in [0.25, 0.3) is 5.91 Å². The fraction of sp³-hybridized carbons (Fsp3) is 0.273. The molecule has 2 N–H and O–H groups in total. The number of piperidine rings is 1. The van der Waals surface area contributed by atoms with E-state index in [-0.39, 0.29) is 29.7 Å². The standard InChI is InChI=1S/C22H22N4O6S/c1-26-18-11-14(5-8-16(18)21(25-26)17-9-10-19(27)24-22(17)29)32-12-20(28)23-13-3-6-15(7-4-13)33(2,30)31/h3-8,11,17H,9-10,12H2,1-2H3,(H,23,28)(H,24,27,29). The zero-order chi connectivity index (χ0) is 23.8. The molecule has 1 aliphatic heterocycles. The Labute approximate surface area is 189 Å². The summed E-state index contributed by atoms with van der Waals surface area (Å²) >= 11 is 0. The summed E-state index contributed by atoms with van der Waals surface area (Å²) < 4.78 is 30.3. The Morgan fingerprint density at radius 2 is 1.94 bits per heavy atom. The number of rotatable bonds is 6. The number of benzene rings is 2. The largest absolute Gasteiger partial charge is 0.484 e. The van der Waals surface area contributed by atoms with Crippen molar-refractivity contribution in [1.82, 2.24) is 15.1 Å². The minimum Gasteiger partial charge on any atom is -0.484 e. The molecule has 0 radical (unpaired) electrons. The first-order valence-corrected chi connectivity index (χ1v) is 12.0. The molecule has 0 spiro atoms. The van der Waals surface area contributed by atoms with Gasteiger partial charge in [-0.05, 0) is 42.8 Å². The van der Waals surface area contributed by atoms with Crippen molar-refractivity contribution in [3.63, 3.8) is 0 Å². The van der Waals surface area contributed by atoms with Crippen molar-refractivity contribution in [2.45, 2.75) is 23.7 Å². The van der Waals surface area contributed by atoms with Crippen molar-refractivity contribution in [1.29, 1.82) is 0 Å². The highest BCUT2D eigenvalue weighted by atomic mass is 32.2. The molecular weight excluding hydrogens is 448 g/mol. The number of hydrogen-bond donors (Lipinski definition) is 2. The van der Waals surface area contributed by atoms with E-state index in [1.54, 1.807) is 29.9 Å². The van der Waals surface area contributed by atoms with Gasteiger partial charge < -0.3 is 10.1 Å². The molecule has 1 fully saturated rings. The first-order valence-electron chi connectivity index (χ1n) is 10.1. The quantitative estimate of drug-likeness (QED) is 0.521. The second-order valence-corrected chi connectivity index (χ2v) is 9.84. The molecule has 2 heterocycles. The van der Waals surface area contributed by atoms with Crippen LogP contribution in [0.2, 0.25) is 0 Å². The van der Waals surface area contributed by atoms with E-state index in [0.717, 1.165) is 17.2 Å². The predicted molar refractivity (Wildman–Crippen MR) is 120 cm³/mol. The molecule has 33 heavy (non-hydrogen) atoms. The third-order valence-corrected chi connectivity index (χ3v) is 6.49. The van der Waals surface area contributed by atoms with Crippen LogP contribution in [-0.4, -0.2) is 48.8 Å². The molecule has 10 nitrogen and oxygen atoms in total. The molecule has 3 aromatic rings. The Bertz CT molecular complexity index is 1360. The number of anilines is 1. The normalized spacial score (nSPS) is 16.5. The van der Waals surface area contributed by atoms with Gasteiger partial charge in [-0.15, -0.1) is 0 Å². The number of carbonyl (C=O) groups is 3. The van der Waals surface area contributed by atoms with E-state index in [1.165, 1.54) is 24.3 Å². The summed E-state index contributed by atoms with van der Waals surface area (Å²) in [6.07, 6.45) is 1.78. The molecule has 1 atom stereocenters. The minimum atomic E-state index is -3.31. The van der Waals surface area contributed by atoms with Gasteiger partial charge >= 0.3 is 0 Å². The second-order valence-electron chi connectivity index (χ2n) is 7.82. The highest BCUT2D eigenvalue weighted by Gasteiger charge is 2.31. The highest BCUT2D eigenvalue weighted by Crippen LogP contribution is 2.31. The number of imide groups is 1. The first kappa shape index (κ1) is 22.5. The Hall–Kier alpha value is -3.73. The lowest BCUT2D eigenvalue weighted by atomic mass is 9.93. The molecule has 1 saturated heterocycles. The van der Waals surface area contributed by atoms with Crippen molar-refractivity contribution < 1.29 is 27.5 Å². The van der Waals surface area contributed by atoms with Gasteiger partial charge in [0.2, 0.25) is 11.8 Å². The third-order valence-electron chi connectivity index (χ3n) is 5.36. The smallest absolute Gasteiger partial charge is 0.262 e. The van der Waals surface area contributed by atoms with Crippen LogP contribution in [0.25, 0.3) is 10.9 Å². The number of hydrogen-bond acceptors (Lipinski definition) is 7. The maximum atomic E-state index is 12.2. The van der Waals surface area contributed by atoms with Gasteiger partial charge in [0.15, 0.2) is 16.4 Å². The Kier molecular flexibility index (Phi) is 5.90. The van der Waals surface area contributed by atoms with Crippen molar-refractivity contribution in [2.75, 3.05) is 18.2 Å². The summed E-state index contributed by atoms with van der Waals surface area (Å²) in [6, 6.07) is 11.0. The van der Waals surface area contributed by atoms with Crippen LogP contribution in [0.15, 0.2) is 47.4 Å². The van der Waals surface area contributed by atoms with Crippen LogP contribution in [0, 0.1) is 0 Å².